The molecule has 0 bridgehead atoms. The fraction of sp³-hybridized carbons (Fsp3) is 0.400. The minimum atomic E-state index is -1.57. The van der Waals surface area contributed by atoms with E-state index in [2.05, 4.69) is 16.1 Å². The van der Waals surface area contributed by atoms with Gasteiger partial charge in [0.25, 0.3) is 0 Å². The van der Waals surface area contributed by atoms with E-state index >= 15 is 0 Å². The molecule has 2 unspecified atom stereocenters. The van der Waals surface area contributed by atoms with Gasteiger partial charge in [-0.05, 0) is 6.08 Å². The summed E-state index contributed by atoms with van der Waals surface area (Å²) in [6, 6.07) is 0. The van der Waals surface area contributed by atoms with Crippen LogP contribution in [0.15, 0.2) is 23.8 Å². The second-order valence-electron chi connectivity index (χ2n) is 3.17. The molecule has 0 spiro atoms. The van der Waals surface area contributed by atoms with Crippen LogP contribution in [0, 0.1) is 0 Å². The van der Waals surface area contributed by atoms with E-state index in [0.717, 1.165) is 6.08 Å². The van der Waals surface area contributed by atoms with Crippen molar-refractivity contribution in [3.8, 4) is 0 Å². The molecule has 0 saturated heterocycles. The van der Waals surface area contributed by atoms with Crippen LogP contribution in [0.2, 0.25) is 0 Å². The molecule has 7 heteroatoms. The molecule has 0 aromatic heterocycles. The molecule has 0 saturated carbocycles. The standard InChI is InChI=1S/C10H11ClO6/c1-5(9(14)16-3-2-11)8(13)6-4-7(12)17-10(6)15/h4,7-8,12-13H,1-3H2. The SMILES string of the molecule is C=C(C(=O)OCCCl)C(O)C1=CC(O)OC1=O. The molecule has 17 heavy (non-hydrogen) atoms. The maximum Gasteiger partial charge on any atom is 0.339 e. The van der Waals surface area contributed by atoms with E-state index in [9.17, 15) is 14.7 Å². The fourth-order valence-corrected chi connectivity index (χ4v) is 1.24. The van der Waals surface area contributed by atoms with Crippen LogP contribution < -0.4 is 0 Å². The molecule has 2 N–H and O–H groups in total. The van der Waals surface area contributed by atoms with Gasteiger partial charge in [0.05, 0.1) is 17.0 Å². The monoisotopic (exact) mass is 262 g/mol. The topological polar surface area (TPSA) is 93.1 Å². The molecule has 1 heterocycles. The Morgan fingerprint density at radius 2 is 2.35 bits per heavy atom. The van der Waals surface area contributed by atoms with Crippen molar-refractivity contribution in [1.82, 2.24) is 0 Å². The Balaban J connectivity index is 2.67. The normalized spacial score (nSPS) is 20.5. The van der Waals surface area contributed by atoms with E-state index in [-0.39, 0.29) is 23.6 Å². The first-order chi connectivity index (χ1) is 7.97. The number of hydrogen-bond donors (Lipinski definition) is 2. The fourth-order valence-electron chi connectivity index (χ4n) is 1.16. The highest BCUT2D eigenvalue weighted by molar-refractivity contribution is 6.18. The summed E-state index contributed by atoms with van der Waals surface area (Å²) in [5, 5.41) is 18.6. The van der Waals surface area contributed by atoms with Gasteiger partial charge in [0.1, 0.15) is 12.7 Å². The predicted molar refractivity (Wildman–Crippen MR) is 57.0 cm³/mol. The van der Waals surface area contributed by atoms with Crippen molar-refractivity contribution in [2.24, 2.45) is 0 Å². The van der Waals surface area contributed by atoms with Crippen LogP contribution in [0.4, 0.5) is 0 Å². The summed E-state index contributed by atoms with van der Waals surface area (Å²) in [5.41, 5.74) is -0.572. The average Bonchev–Trinajstić information content (AvgIpc) is 2.63. The van der Waals surface area contributed by atoms with Crippen LogP contribution in [-0.4, -0.2) is 47.0 Å². The van der Waals surface area contributed by atoms with Crippen LogP contribution in [0.1, 0.15) is 0 Å². The largest absolute Gasteiger partial charge is 0.461 e. The smallest absolute Gasteiger partial charge is 0.339 e. The van der Waals surface area contributed by atoms with Gasteiger partial charge in [0.15, 0.2) is 0 Å². The quantitative estimate of drug-likeness (QED) is 0.394. The number of aliphatic hydroxyl groups excluding tert-OH is 2. The number of aliphatic hydroxyl groups is 2. The second-order valence-corrected chi connectivity index (χ2v) is 3.55. The minimum absolute atomic E-state index is 0.0295. The first kappa shape index (κ1) is 13.7. The third-order valence-corrected chi connectivity index (χ3v) is 2.14. The van der Waals surface area contributed by atoms with E-state index < -0.39 is 24.3 Å². The molecular weight excluding hydrogens is 252 g/mol. The first-order valence-corrected chi connectivity index (χ1v) is 5.21. The van der Waals surface area contributed by atoms with E-state index in [1.807, 2.05) is 0 Å². The maximum atomic E-state index is 11.3. The summed E-state index contributed by atoms with van der Waals surface area (Å²) in [6.07, 6.45) is -1.99. The zero-order valence-electron chi connectivity index (χ0n) is 8.76. The summed E-state index contributed by atoms with van der Waals surface area (Å²) in [4.78, 5) is 22.4. The highest BCUT2D eigenvalue weighted by Crippen LogP contribution is 2.20. The van der Waals surface area contributed by atoms with Crippen molar-refractivity contribution in [1.29, 1.82) is 0 Å². The Morgan fingerprint density at radius 3 is 2.82 bits per heavy atom. The number of alkyl halides is 1. The van der Waals surface area contributed by atoms with Gasteiger partial charge < -0.3 is 19.7 Å². The van der Waals surface area contributed by atoms with Crippen molar-refractivity contribution >= 4 is 23.5 Å². The molecule has 1 aliphatic heterocycles. The number of rotatable bonds is 5. The molecule has 94 valence electrons. The molecule has 0 amide bonds. The van der Waals surface area contributed by atoms with Crippen molar-refractivity contribution in [2.75, 3.05) is 12.5 Å². The number of esters is 2. The van der Waals surface area contributed by atoms with Gasteiger partial charge in [0.2, 0.25) is 6.29 Å². The predicted octanol–water partition coefficient (Wildman–Crippen LogP) is -0.513. The zero-order chi connectivity index (χ0) is 13.0. The molecule has 0 fully saturated rings. The Morgan fingerprint density at radius 1 is 1.71 bits per heavy atom. The van der Waals surface area contributed by atoms with Crippen LogP contribution in [-0.2, 0) is 19.1 Å². The van der Waals surface area contributed by atoms with Crippen molar-refractivity contribution in [3.05, 3.63) is 23.8 Å². The molecule has 1 rings (SSSR count). The van der Waals surface area contributed by atoms with E-state index in [1.54, 1.807) is 0 Å². The highest BCUT2D eigenvalue weighted by atomic mass is 35.5. The third kappa shape index (κ3) is 3.29. The third-order valence-electron chi connectivity index (χ3n) is 1.98. The second kappa shape index (κ2) is 5.81. The number of cyclic esters (lactones) is 1. The van der Waals surface area contributed by atoms with Crippen LogP contribution in [0.5, 0.6) is 0 Å². The Labute approximate surface area is 102 Å². The summed E-state index contributed by atoms with van der Waals surface area (Å²) in [6.45, 7) is 3.28. The highest BCUT2D eigenvalue weighted by Gasteiger charge is 2.33. The Hall–Kier alpha value is -1.37. The molecule has 0 aromatic carbocycles. The number of carbonyl (C=O) groups is 2. The minimum Gasteiger partial charge on any atom is -0.461 e. The summed E-state index contributed by atoms with van der Waals surface area (Å²) < 4.78 is 8.98. The molecule has 0 aromatic rings. The lowest BCUT2D eigenvalue weighted by molar-refractivity contribution is -0.151. The summed E-state index contributed by atoms with van der Waals surface area (Å²) in [5.74, 6) is -1.66. The van der Waals surface area contributed by atoms with Gasteiger partial charge in [-0.2, -0.15) is 0 Å². The summed E-state index contributed by atoms with van der Waals surface area (Å²) >= 11 is 5.31. The van der Waals surface area contributed by atoms with Gasteiger partial charge in [-0.1, -0.05) is 6.58 Å². The van der Waals surface area contributed by atoms with Gasteiger partial charge in [-0.25, -0.2) is 9.59 Å². The molecule has 2 atom stereocenters. The van der Waals surface area contributed by atoms with Crippen molar-refractivity contribution in [3.63, 3.8) is 0 Å². The lowest BCUT2D eigenvalue weighted by Gasteiger charge is -2.11. The number of carbonyl (C=O) groups excluding carboxylic acids is 2. The Bertz CT molecular complexity index is 375. The van der Waals surface area contributed by atoms with Crippen molar-refractivity contribution in [2.45, 2.75) is 12.4 Å². The molecule has 6 nitrogen and oxygen atoms in total. The molecule has 0 aliphatic carbocycles. The van der Waals surface area contributed by atoms with E-state index in [1.165, 1.54) is 0 Å². The van der Waals surface area contributed by atoms with Crippen LogP contribution in [0.3, 0.4) is 0 Å². The van der Waals surface area contributed by atoms with Gasteiger partial charge >= 0.3 is 11.9 Å². The Kier molecular flexibility index (Phi) is 4.68. The van der Waals surface area contributed by atoms with Gasteiger partial charge in [0, 0.05) is 0 Å². The van der Waals surface area contributed by atoms with E-state index in [0.29, 0.717) is 0 Å². The van der Waals surface area contributed by atoms with Crippen LogP contribution >= 0.6 is 11.6 Å². The lowest BCUT2D eigenvalue weighted by Crippen LogP contribution is -2.24. The lowest BCUT2D eigenvalue weighted by atomic mass is 10.0. The molecule has 1 aliphatic rings. The zero-order valence-corrected chi connectivity index (χ0v) is 9.51. The average molecular weight is 263 g/mol. The van der Waals surface area contributed by atoms with Crippen LogP contribution in [0.25, 0.3) is 0 Å². The number of ether oxygens (including phenoxy) is 2. The summed E-state index contributed by atoms with van der Waals surface area (Å²) in [7, 11) is 0. The van der Waals surface area contributed by atoms with Crippen molar-refractivity contribution < 1.29 is 29.3 Å². The first-order valence-electron chi connectivity index (χ1n) is 4.68. The van der Waals surface area contributed by atoms with E-state index in [4.69, 9.17) is 16.7 Å². The van der Waals surface area contributed by atoms with Gasteiger partial charge in [-0.3, -0.25) is 0 Å². The van der Waals surface area contributed by atoms with Gasteiger partial charge in [-0.15, -0.1) is 11.6 Å². The number of hydrogen-bond acceptors (Lipinski definition) is 6. The maximum absolute atomic E-state index is 11.3. The number of halogens is 1. The molecule has 0 radical (unpaired) electrons. The molecular formula is C10H11ClO6.